The highest BCUT2D eigenvalue weighted by molar-refractivity contribution is 7.80. The number of Topliss-reactive ketones (excluding diaryl/α,β-unsaturated/α-hetero) is 1. The van der Waals surface area contributed by atoms with Gasteiger partial charge in [0.15, 0.2) is 17.3 Å². The maximum atomic E-state index is 11.3. The summed E-state index contributed by atoms with van der Waals surface area (Å²) in [5.74, 6) is 0.950. The van der Waals surface area contributed by atoms with Crippen molar-refractivity contribution in [1.29, 1.82) is 0 Å². The number of thiocarbonyl (C=S) groups is 1. The molecule has 0 aliphatic rings. The van der Waals surface area contributed by atoms with Crippen LogP contribution in [0.4, 0.5) is 0 Å². The summed E-state index contributed by atoms with van der Waals surface area (Å²) >= 11 is 5.04. The van der Waals surface area contributed by atoms with E-state index in [0.29, 0.717) is 22.2 Å². The molecule has 0 saturated heterocycles. The smallest absolute Gasteiger partial charge is 0.264 e. The standard InChI is InChI=1S/C12H15NO3S/c1-8(14)9-5-6-10(15-4)11(7-9)16-12(17)13(2)3/h5-7H,1-4H3. The lowest BCUT2D eigenvalue weighted by atomic mass is 10.1. The number of ether oxygens (including phenoxy) is 2. The molecule has 0 aliphatic carbocycles. The Morgan fingerprint density at radius 3 is 2.41 bits per heavy atom. The summed E-state index contributed by atoms with van der Waals surface area (Å²) < 4.78 is 10.6. The first-order chi connectivity index (χ1) is 7.95. The Labute approximate surface area is 106 Å². The third-order valence-electron chi connectivity index (χ3n) is 2.13. The lowest BCUT2D eigenvalue weighted by Gasteiger charge is -2.16. The molecule has 17 heavy (non-hydrogen) atoms. The zero-order valence-corrected chi connectivity index (χ0v) is 11.1. The molecule has 0 radical (unpaired) electrons. The Bertz CT molecular complexity index is 443. The van der Waals surface area contributed by atoms with Crippen molar-refractivity contribution in [2.45, 2.75) is 6.92 Å². The molecule has 0 atom stereocenters. The number of hydrogen-bond acceptors (Lipinski definition) is 4. The molecular formula is C12H15NO3S. The first kappa shape index (κ1) is 13.4. The largest absolute Gasteiger partial charge is 0.493 e. The van der Waals surface area contributed by atoms with E-state index < -0.39 is 0 Å². The van der Waals surface area contributed by atoms with E-state index in [0.717, 1.165) is 0 Å². The van der Waals surface area contributed by atoms with Gasteiger partial charge in [0, 0.05) is 19.7 Å². The minimum Gasteiger partial charge on any atom is -0.493 e. The molecule has 0 saturated carbocycles. The summed E-state index contributed by atoms with van der Waals surface area (Å²) in [6.45, 7) is 1.50. The second-order valence-electron chi connectivity index (χ2n) is 3.68. The Morgan fingerprint density at radius 1 is 1.29 bits per heavy atom. The number of methoxy groups -OCH3 is 1. The van der Waals surface area contributed by atoms with Crippen LogP contribution in [-0.4, -0.2) is 37.1 Å². The average Bonchev–Trinajstić information content (AvgIpc) is 2.28. The van der Waals surface area contributed by atoms with Crippen molar-refractivity contribution in [1.82, 2.24) is 4.90 Å². The molecule has 1 aromatic rings. The fraction of sp³-hybridized carbons (Fsp3) is 0.333. The first-order valence-corrected chi connectivity index (χ1v) is 5.44. The van der Waals surface area contributed by atoms with Gasteiger partial charge < -0.3 is 14.4 Å². The van der Waals surface area contributed by atoms with Gasteiger partial charge in [-0.3, -0.25) is 4.79 Å². The minimum absolute atomic E-state index is 0.0340. The Morgan fingerprint density at radius 2 is 1.94 bits per heavy atom. The van der Waals surface area contributed by atoms with Crippen molar-refractivity contribution in [3.63, 3.8) is 0 Å². The highest BCUT2D eigenvalue weighted by Crippen LogP contribution is 2.28. The molecule has 0 fully saturated rings. The van der Waals surface area contributed by atoms with Crippen molar-refractivity contribution >= 4 is 23.2 Å². The van der Waals surface area contributed by atoms with Gasteiger partial charge in [-0.1, -0.05) is 0 Å². The molecule has 0 unspecified atom stereocenters. The Hall–Kier alpha value is -1.62. The van der Waals surface area contributed by atoms with Gasteiger partial charge in [-0.25, -0.2) is 0 Å². The molecule has 0 amide bonds. The predicted molar refractivity (Wildman–Crippen MR) is 69.9 cm³/mol. The maximum absolute atomic E-state index is 11.3. The van der Waals surface area contributed by atoms with E-state index in [2.05, 4.69) is 0 Å². The van der Waals surface area contributed by atoms with Crippen LogP contribution in [-0.2, 0) is 0 Å². The highest BCUT2D eigenvalue weighted by Gasteiger charge is 2.11. The molecule has 1 aromatic carbocycles. The van der Waals surface area contributed by atoms with E-state index in [1.54, 1.807) is 37.2 Å². The summed E-state index contributed by atoms with van der Waals surface area (Å²) in [5, 5.41) is 0.309. The number of benzene rings is 1. The van der Waals surface area contributed by atoms with Gasteiger partial charge in [0.2, 0.25) is 0 Å². The van der Waals surface area contributed by atoms with Crippen LogP contribution in [0.25, 0.3) is 0 Å². The van der Waals surface area contributed by atoms with E-state index in [1.807, 2.05) is 0 Å². The number of nitrogens with zero attached hydrogens (tertiary/aromatic N) is 1. The number of rotatable bonds is 3. The normalized spacial score (nSPS) is 9.65. The molecule has 0 bridgehead atoms. The number of carbonyl (C=O) groups excluding carboxylic acids is 1. The molecule has 1 rings (SSSR count). The van der Waals surface area contributed by atoms with Crippen LogP contribution in [0, 0.1) is 0 Å². The number of ketones is 1. The average molecular weight is 253 g/mol. The quantitative estimate of drug-likeness (QED) is 0.609. The lowest BCUT2D eigenvalue weighted by Crippen LogP contribution is -2.25. The lowest BCUT2D eigenvalue weighted by molar-refractivity contribution is 0.101. The molecule has 0 spiro atoms. The third kappa shape index (κ3) is 3.42. The van der Waals surface area contributed by atoms with Crippen LogP contribution >= 0.6 is 12.2 Å². The summed E-state index contributed by atoms with van der Waals surface area (Å²) in [6, 6.07) is 4.99. The Kier molecular flexibility index (Phi) is 4.45. The maximum Gasteiger partial charge on any atom is 0.264 e. The zero-order chi connectivity index (χ0) is 13.0. The van der Waals surface area contributed by atoms with Crippen molar-refractivity contribution in [3.8, 4) is 11.5 Å². The van der Waals surface area contributed by atoms with E-state index in [4.69, 9.17) is 21.7 Å². The van der Waals surface area contributed by atoms with Gasteiger partial charge in [0.1, 0.15) is 0 Å². The molecule has 0 aliphatic heterocycles. The monoisotopic (exact) mass is 253 g/mol. The molecule has 92 valence electrons. The first-order valence-electron chi connectivity index (χ1n) is 5.03. The molecule has 0 heterocycles. The van der Waals surface area contributed by atoms with Crippen molar-refractivity contribution in [2.24, 2.45) is 0 Å². The number of carbonyl (C=O) groups is 1. The van der Waals surface area contributed by atoms with E-state index in [9.17, 15) is 4.79 Å². The van der Waals surface area contributed by atoms with Gasteiger partial charge in [-0.15, -0.1) is 0 Å². The predicted octanol–water partition coefficient (Wildman–Crippen LogP) is 2.12. The number of hydrogen-bond donors (Lipinski definition) is 0. The SMILES string of the molecule is COc1ccc(C(C)=O)cc1OC(=S)N(C)C. The van der Waals surface area contributed by atoms with E-state index >= 15 is 0 Å². The van der Waals surface area contributed by atoms with Gasteiger partial charge in [-0.2, -0.15) is 0 Å². The van der Waals surface area contributed by atoms with Crippen molar-refractivity contribution in [2.75, 3.05) is 21.2 Å². The second kappa shape index (κ2) is 5.63. The summed E-state index contributed by atoms with van der Waals surface area (Å²) in [6.07, 6.45) is 0. The fourth-order valence-electron chi connectivity index (χ4n) is 1.16. The van der Waals surface area contributed by atoms with Gasteiger partial charge >= 0.3 is 0 Å². The van der Waals surface area contributed by atoms with Crippen LogP contribution in [0.3, 0.4) is 0 Å². The van der Waals surface area contributed by atoms with Crippen molar-refractivity contribution < 1.29 is 14.3 Å². The van der Waals surface area contributed by atoms with E-state index in [-0.39, 0.29) is 5.78 Å². The Balaban J connectivity index is 3.06. The molecular weight excluding hydrogens is 238 g/mol. The van der Waals surface area contributed by atoms with Gasteiger partial charge in [-0.05, 0) is 37.3 Å². The summed E-state index contributed by atoms with van der Waals surface area (Å²) in [5.41, 5.74) is 0.558. The van der Waals surface area contributed by atoms with Crippen LogP contribution in [0.1, 0.15) is 17.3 Å². The fourth-order valence-corrected chi connectivity index (χ4v) is 1.25. The highest BCUT2D eigenvalue weighted by atomic mass is 32.1. The summed E-state index contributed by atoms with van der Waals surface area (Å²) in [7, 11) is 5.10. The van der Waals surface area contributed by atoms with Gasteiger partial charge in [0.25, 0.3) is 5.17 Å². The van der Waals surface area contributed by atoms with E-state index in [1.165, 1.54) is 14.0 Å². The van der Waals surface area contributed by atoms with Crippen molar-refractivity contribution in [3.05, 3.63) is 23.8 Å². The summed E-state index contributed by atoms with van der Waals surface area (Å²) in [4.78, 5) is 12.9. The van der Waals surface area contributed by atoms with Crippen LogP contribution in [0.2, 0.25) is 0 Å². The minimum atomic E-state index is -0.0340. The third-order valence-corrected chi connectivity index (χ3v) is 2.58. The molecule has 4 nitrogen and oxygen atoms in total. The molecule has 0 N–H and O–H groups in total. The second-order valence-corrected chi connectivity index (χ2v) is 4.03. The molecule has 0 aromatic heterocycles. The van der Waals surface area contributed by atoms with Crippen LogP contribution < -0.4 is 9.47 Å². The van der Waals surface area contributed by atoms with Gasteiger partial charge in [0.05, 0.1) is 7.11 Å². The van der Waals surface area contributed by atoms with Crippen LogP contribution in [0.15, 0.2) is 18.2 Å². The molecule has 5 heteroatoms. The zero-order valence-electron chi connectivity index (χ0n) is 10.3. The van der Waals surface area contributed by atoms with Crippen LogP contribution in [0.5, 0.6) is 11.5 Å². The topological polar surface area (TPSA) is 38.8 Å².